The molecule has 0 bridgehead atoms. The van der Waals surface area contributed by atoms with Crippen LogP contribution in [0, 0.1) is 11.7 Å². The van der Waals surface area contributed by atoms with Crippen LogP contribution in [0.1, 0.15) is 35.2 Å². The number of nitrogens with zero attached hydrogens (tertiary/aromatic N) is 1. The summed E-state index contributed by atoms with van der Waals surface area (Å²) in [6, 6.07) is 13.5. The molecule has 1 fully saturated rings. The zero-order valence-corrected chi connectivity index (χ0v) is 16.2. The number of hydrogen-bond acceptors (Lipinski definition) is 3. The van der Waals surface area contributed by atoms with Crippen LogP contribution in [-0.2, 0) is 4.79 Å². The average molecular weight is 384 g/mol. The maximum Gasteiger partial charge on any atom is 0.256 e. The minimum Gasteiger partial charge on any atom is -0.497 e. The quantitative estimate of drug-likeness (QED) is 0.832. The molecule has 0 radical (unpaired) electrons. The Morgan fingerprint density at radius 1 is 1.14 bits per heavy atom. The van der Waals surface area contributed by atoms with Crippen LogP contribution in [0.15, 0.2) is 48.5 Å². The van der Waals surface area contributed by atoms with Crippen molar-refractivity contribution in [1.82, 2.24) is 10.2 Å². The summed E-state index contributed by atoms with van der Waals surface area (Å²) >= 11 is 0. The third kappa shape index (κ3) is 4.16. The second kappa shape index (κ2) is 8.87. The molecule has 2 atom stereocenters. The lowest BCUT2D eigenvalue weighted by Gasteiger charge is -2.18. The second-order valence-electron chi connectivity index (χ2n) is 6.97. The molecule has 6 heteroatoms. The number of amides is 2. The Balaban J connectivity index is 1.86. The molecule has 2 amide bonds. The monoisotopic (exact) mass is 384 g/mol. The molecule has 0 unspecified atom stereocenters. The average Bonchev–Trinajstić information content (AvgIpc) is 3.17. The van der Waals surface area contributed by atoms with Crippen molar-refractivity contribution in [3.8, 4) is 5.75 Å². The second-order valence-corrected chi connectivity index (χ2v) is 6.97. The van der Waals surface area contributed by atoms with Gasteiger partial charge in [0.05, 0.1) is 18.6 Å². The van der Waals surface area contributed by atoms with Gasteiger partial charge in [0.1, 0.15) is 11.6 Å². The molecule has 2 aromatic carbocycles. The van der Waals surface area contributed by atoms with E-state index in [1.54, 1.807) is 24.1 Å². The van der Waals surface area contributed by atoms with E-state index in [1.807, 2.05) is 31.2 Å². The molecule has 148 valence electrons. The number of carbonyl (C=O) groups is 2. The van der Waals surface area contributed by atoms with E-state index in [0.29, 0.717) is 13.1 Å². The molecule has 5 nitrogen and oxygen atoms in total. The number of ether oxygens (including phenoxy) is 1. The summed E-state index contributed by atoms with van der Waals surface area (Å²) in [4.78, 5) is 27.2. The predicted molar refractivity (Wildman–Crippen MR) is 105 cm³/mol. The lowest BCUT2D eigenvalue weighted by Crippen LogP contribution is -2.36. The molecule has 0 saturated carbocycles. The van der Waals surface area contributed by atoms with Gasteiger partial charge in [-0.3, -0.25) is 9.59 Å². The van der Waals surface area contributed by atoms with Crippen molar-refractivity contribution in [1.29, 1.82) is 0 Å². The minimum atomic E-state index is -0.549. The molecule has 1 N–H and O–H groups in total. The van der Waals surface area contributed by atoms with Crippen LogP contribution in [0.25, 0.3) is 0 Å². The number of hydrogen-bond donors (Lipinski definition) is 1. The van der Waals surface area contributed by atoms with Gasteiger partial charge in [0, 0.05) is 25.6 Å². The predicted octanol–water partition coefficient (Wildman–Crippen LogP) is 3.22. The molecule has 1 saturated heterocycles. The smallest absolute Gasteiger partial charge is 0.256 e. The van der Waals surface area contributed by atoms with Crippen LogP contribution < -0.4 is 10.1 Å². The molecule has 2 aromatic rings. The molecular weight excluding hydrogens is 359 g/mol. The van der Waals surface area contributed by atoms with Gasteiger partial charge in [0.15, 0.2) is 0 Å². The number of methoxy groups -OCH3 is 1. The van der Waals surface area contributed by atoms with Gasteiger partial charge in [0.25, 0.3) is 5.91 Å². The highest BCUT2D eigenvalue weighted by Gasteiger charge is 2.40. The van der Waals surface area contributed by atoms with Crippen molar-refractivity contribution in [2.24, 2.45) is 5.92 Å². The standard InChI is InChI=1S/C22H25FN2O3/c1-3-12-24-21(26)19-14-25(22(27)17-6-4-5-7-20(17)23)13-18(19)15-8-10-16(28-2)11-9-15/h4-11,18-19H,3,12-14H2,1-2H3,(H,24,26)/t18-,19-/m0/s1. The number of rotatable bonds is 6. The minimum absolute atomic E-state index is 0.0330. The topological polar surface area (TPSA) is 58.6 Å². The third-order valence-electron chi connectivity index (χ3n) is 5.14. The molecule has 28 heavy (non-hydrogen) atoms. The Hall–Kier alpha value is -2.89. The third-order valence-corrected chi connectivity index (χ3v) is 5.14. The number of benzene rings is 2. The van der Waals surface area contributed by atoms with Gasteiger partial charge >= 0.3 is 0 Å². The molecule has 1 aliphatic heterocycles. The van der Waals surface area contributed by atoms with Gasteiger partial charge in [-0.1, -0.05) is 31.2 Å². The number of halogens is 1. The van der Waals surface area contributed by atoms with Crippen LogP contribution in [-0.4, -0.2) is 43.5 Å². The van der Waals surface area contributed by atoms with E-state index in [-0.39, 0.29) is 35.8 Å². The first kappa shape index (κ1) is 19.9. The van der Waals surface area contributed by atoms with Crippen LogP contribution in [0.5, 0.6) is 5.75 Å². The number of likely N-dealkylation sites (tertiary alicyclic amines) is 1. The van der Waals surface area contributed by atoms with Crippen LogP contribution in [0.2, 0.25) is 0 Å². The van der Waals surface area contributed by atoms with E-state index >= 15 is 0 Å². The van der Waals surface area contributed by atoms with Crippen molar-refractivity contribution in [3.63, 3.8) is 0 Å². The van der Waals surface area contributed by atoms with Crippen molar-refractivity contribution >= 4 is 11.8 Å². The fourth-order valence-electron chi connectivity index (χ4n) is 3.61. The van der Waals surface area contributed by atoms with E-state index in [1.165, 1.54) is 12.1 Å². The summed E-state index contributed by atoms with van der Waals surface area (Å²) < 4.78 is 19.3. The number of carbonyl (C=O) groups excluding carboxylic acids is 2. The van der Waals surface area contributed by atoms with Gasteiger partial charge in [-0.25, -0.2) is 4.39 Å². The van der Waals surface area contributed by atoms with E-state index in [0.717, 1.165) is 17.7 Å². The van der Waals surface area contributed by atoms with E-state index in [2.05, 4.69) is 5.32 Å². The first-order valence-corrected chi connectivity index (χ1v) is 9.50. The Kier molecular flexibility index (Phi) is 6.29. The summed E-state index contributed by atoms with van der Waals surface area (Å²) in [6.45, 7) is 3.21. The summed E-state index contributed by atoms with van der Waals surface area (Å²) in [5.41, 5.74) is 0.992. The zero-order valence-electron chi connectivity index (χ0n) is 16.2. The first-order valence-electron chi connectivity index (χ1n) is 9.50. The maximum absolute atomic E-state index is 14.1. The zero-order chi connectivity index (χ0) is 20.1. The van der Waals surface area contributed by atoms with Gasteiger partial charge in [0.2, 0.25) is 5.91 Å². The highest BCUT2D eigenvalue weighted by molar-refractivity contribution is 5.95. The van der Waals surface area contributed by atoms with E-state index < -0.39 is 5.82 Å². The summed E-state index contributed by atoms with van der Waals surface area (Å²) in [5.74, 6) is -0.816. The molecule has 1 heterocycles. The summed E-state index contributed by atoms with van der Waals surface area (Å²) in [7, 11) is 1.60. The largest absolute Gasteiger partial charge is 0.497 e. The Bertz CT molecular complexity index is 838. The molecule has 0 spiro atoms. The lowest BCUT2D eigenvalue weighted by molar-refractivity contribution is -0.124. The van der Waals surface area contributed by atoms with Crippen LogP contribution in [0.3, 0.4) is 0 Å². The highest BCUT2D eigenvalue weighted by atomic mass is 19.1. The van der Waals surface area contributed by atoms with E-state index in [4.69, 9.17) is 4.74 Å². The van der Waals surface area contributed by atoms with Crippen molar-refractivity contribution in [2.75, 3.05) is 26.7 Å². The SMILES string of the molecule is CCCNC(=O)[C@H]1CN(C(=O)c2ccccc2F)C[C@H]1c1ccc(OC)cc1. The fourth-order valence-corrected chi connectivity index (χ4v) is 3.61. The van der Waals surface area contributed by atoms with Crippen LogP contribution in [0.4, 0.5) is 4.39 Å². The van der Waals surface area contributed by atoms with Gasteiger partial charge < -0.3 is 15.0 Å². The van der Waals surface area contributed by atoms with Gasteiger partial charge in [-0.15, -0.1) is 0 Å². The van der Waals surface area contributed by atoms with Crippen molar-refractivity contribution in [2.45, 2.75) is 19.3 Å². The van der Waals surface area contributed by atoms with Crippen molar-refractivity contribution in [3.05, 3.63) is 65.5 Å². The summed E-state index contributed by atoms with van der Waals surface area (Å²) in [6.07, 6.45) is 0.837. The fraction of sp³-hybridized carbons (Fsp3) is 0.364. The molecule has 3 rings (SSSR count). The van der Waals surface area contributed by atoms with Crippen LogP contribution >= 0.6 is 0 Å². The molecule has 1 aliphatic rings. The maximum atomic E-state index is 14.1. The Labute approximate surface area is 164 Å². The molecular formula is C22H25FN2O3. The Morgan fingerprint density at radius 2 is 1.86 bits per heavy atom. The number of nitrogens with one attached hydrogen (secondary N) is 1. The summed E-state index contributed by atoms with van der Waals surface area (Å²) in [5, 5.41) is 2.93. The first-order chi connectivity index (χ1) is 13.5. The lowest BCUT2D eigenvalue weighted by atomic mass is 9.88. The molecule has 0 aliphatic carbocycles. The normalized spacial score (nSPS) is 18.8. The van der Waals surface area contributed by atoms with Gasteiger partial charge in [-0.05, 0) is 36.2 Å². The van der Waals surface area contributed by atoms with Crippen molar-refractivity contribution < 1.29 is 18.7 Å². The molecule has 0 aromatic heterocycles. The van der Waals surface area contributed by atoms with E-state index in [9.17, 15) is 14.0 Å². The highest BCUT2D eigenvalue weighted by Crippen LogP contribution is 2.34. The Morgan fingerprint density at radius 3 is 2.50 bits per heavy atom. The van der Waals surface area contributed by atoms with Gasteiger partial charge in [-0.2, -0.15) is 0 Å².